The summed E-state index contributed by atoms with van der Waals surface area (Å²) in [7, 11) is 0. The molecule has 0 bridgehead atoms. The Bertz CT molecular complexity index is 452. The number of aromatic nitrogens is 1. The van der Waals surface area contributed by atoms with Crippen molar-refractivity contribution >= 4 is 21.8 Å². The van der Waals surface area contributed by atoms with E-state index in [0.717, 1.165) is 55.6 Å². The second-order valence-corrected chi connectivity index (χ2v) is 6.24. The standard InChI is InChI=1S/C15H24BrN3O/c1-3-8-19(13-6-5-7-17-10-13)15(20)14-9-12(16)11-18(14)4-2/h9,11,13,17H,3-8,10H2,1-2H3. The molecule has 1 aromatic rings. The lowest BCUT2D eigenvalue weighted by molar-refractivity contribution is 0.0638. The molecule has 4 nitrogen and oxygen atoms in total. The van der Waals surface area contributed by atoms with Gasteiger partial charge in [-0.15, -0.1) is 0 Å². The van der Waals surface area contributed by atoms with Gasteiger partial charge in [0.15, 0.2) is 0 Å². The third-order valence-electron chi connectivity index (χ3n) is 3.86. The molecule has 1 unspecified atom stereocenters. The molecule has 1 N–H and O–H groups in total. The van der Waals surface area contributed by atoms with E-state index in [1.54, 1.807) is 0 Å². The average molecular weight is 342 g/mol. The van der Waals surface area contributed by atoms with Crippen molar-refractivity contribution in [3.05, 3.63) is 22.4 Å². The van der Waals surface area contributed by atoms with Crippen molar-refractivity contribution in [2.24, 2.45) is 0 Å². The first kappa shape index (κ1) is 15.6. The maximum Gasteiger partial charge on any atom is 0.270 e. The van der Waals surface area contributed by atoms with Crippen molar-refractivity contribution in [3.63, 3.8) is 0 Å². The highest BCUT2D eigenvalue weighted by Crippen LogP contribution is 2.20. The van der Waals surface area contributed by atoms with Gasteiger partial charge in [0.05, 0.1) is 0 Å². The number of halogens is 1. The van der Waals surface area contributed by atoms with Gasteiger partial charge in [-0.1, -0.05) is 6.92 Å². The molecule has 0 aliphatic carbocycles. The van der Waals surface area contributed by atoms with Crippen LogP contribution in [0.1, 0.15) is 43.6 Å². The molecule has 0 spiro atoms. The maximum absolute atomic E-state index is 12.9. The van der Waals surface area contributed by atoms with Crippen molar-refractivity contribution in [2.75, 3.05) is 19.6 Å². The number of carbonyl (C=O) groups is 1. The Morgan fingerprint density at radius 2 is 2.35 bits per heavy atom. The fourth-order valence-corrected chi connectivity index (χ4v) is 3.32. The van der Waals surface area contributed by atoms with E-state index in [1.165, 1.54) is 0 Å². The lowest BCUT2D eigenvalue weighted by Gasteiger charge is -2.34. The number of hydrogen-bond donors (Lipinski definition) is 1. The van der Waals surface area contributed by atoms with Crippen LogP contribution in [0.25, 0.3) is 0 Å². The number of hydrogen-bond acceptors (Lipinski definition) is 2. The van der Waals surface area contributed by atoms with Crippen molar-refractivity contribution in [2.45, 2.75) is 45.7 Å². The van der Waals surface area contributed by atoms with Crippen molar-refractivity contribution in [1.29, 1.82) is 0 Å². The van der Waals surface area contributed by atoms with E-state index in [4.69, 9.17) is 0 Å². The van der Waals surface area contributed by atoms with Crippen LogP contribution in [0, 0.1) is 0 Å². The van der Waals surface area contributed by atoms with Crippen LogP contribution in [-0.4, -0.2) is 41.1 Å². The maximum atomic E-state index is 12.9. The molecule has 20 heavy (non-hydrogen) atoms. The monoisotopic (exact) mass is 341 g/mol. The average Bonchev–Trinajstić information content (AvgIpc) is 2.86. The van der Waals surface area contributed by atoms with E-state index in [-0.39, 0.29) is 5.91 Å². The Labute approximate surface area is 129 Å². The van der Waals surface area contributed by atoms with Crippen LogP contribution in [0.15, 0.2) is 16.7 Å². The molecular formula is C15H24BrN3O. The summed E-state index contributed by atoms with van der Waals surface area (Å²) in [5, 5.41) is 3.40. The summed E-state index contributed by atoms with van der Waals surface area (Å²) >= 11 is 3.47. The molecule has 0 aromatic carbocycles. The zero-order valence-electron chi connectivity index (χ0n) is 12.4. The Morgan fingerprint density at radius 1 is 1.55 bits per heavy atom. The highest BCUT2D eigenvalue weighted by Gasteiger charge is 2.27. The molecular weight excluding hydrogens is 318 g/mol. The van der Waals surface area contributed by atoms with Gasteiger partial charge in [-0.3, -0.25) is 4.79 Å². The number of piperidine rings is 1. The first-order valence-electron chi connectivity index (χ1n) is 7.54. The third-order valence-corrected chi connectivity index (χ3v) is 4.29. The summed E-state index contributed by atoms with van der Waals surface area (Å²) in [6, 6.07) is 2.26. The van der Waals surface area contributed by atoms with Gasteiger partial charge in [0, 0.05) is 36.3 Å². The fourth-order valence-electron chi connectivity index (χ4n) is 2.85. The van der Waals surface area contributed by atoms with Crippen molar-refractivity contribution in [3.8, 4) is 0 Å². The first-order valence-corrected chi connectivity index (χ1v) is 8.34. The molecule has 2 heterocycles. The minimum atomic E-state index is 0.160. The molecule has 1 aliphatic heterocycles. The van der Waals surface area contributed by atoms with Crippen LogP contribution in [0.2, 0.25) is 0 Å². The molecule has 1 saturated heterocycles. The molecule has 1 aliphatic rings. The molecule has 1 aromatic heterocycles. The molecule has 0 radical (unpaired) electrons. The SMILES string of the molecule is CCCN(C(=O)c1cc(Br)cn1CC)C1CCCNC1. The summed E-state index contributed by atoms with van der Waals surface area (Å²) in [5.74, 6) is 0.160. The molecule has 0 saturated carbocycles. The van der Waals surface area contributed by atoms with Gasteiger partial charge in [0.1, 0.15) is 5.69 Å². The van der Waals surface area contributed by atoms with Crippen LogP contribution >= 0.6 is 15.9 Å². The molecule has 1 amide bonds. The zero-order chi connectivity index (χ0) is 14.5. The molecule has 1 atom stereocenters. The molecule has 2 rings (SSSR count). The van der Waals surface area contributed by atoms with Crippen LogP contribution in [0.3, 0.4) is 0 Å². The highest BCUT2D eigenvalue weighted by molar-refractivity contribution is 9.10. The summed E-state index contributed by atoms with van der Waals surface area (Å²) in [4.78, 5) is 14.9. The molecule has 1 fully saturated rings. The van der Waals surface area contributed by atoms with Crippen LogP contribution in [-0.2, 0) is 6.54 Å². The smallest absolute Gasteiger partial charge is 0.270 e. The second kappa shape index (κ2) is 7.27. The van der Waals surface area contributed by atoms with Crippen LogP contribution < -0.4 is 5.32 Å². The Morgan fingerprint density at radius 3 is 2.95 bits per heavy atom. The van der Waals surface area contributed by atoms with E-state index in [9.17, 15) is 4.79 Å². The minimum Gasteiger partial charge on any atom is -0.343 e. The summed E-state index contributed by atoms with van der Waals surface area (Å²) in [5.41, 5.74) is 0.790. The number of nitrogens with one attached hydrogen (secondary N) is 1. The van der Waals surface area contributed by atoms with Crippen LogP contribution in [0.5, 0.6) is 0 Å². The Hall–Kier alpha value is -0.810. The lowest BCUT2D eigenvalue weighted by Crippen LogP contribution is -2.49. The summed E-state index contributed by atoms with van der Waals surface area (Å²) < 4.78 is 2.99. The van der Waals surface area contributed by atoms with E-state index in [2.05, 4.69) is 40.0 Å². The predicted molar refractivity (Wildman–Crippen MR) is 85.0 cm³/mol. The highest BCUT2D eigenvalue weighted by atomic mass is 79.9. The van der Waals surface area contributed by atoms with E-state index >= 15 is 0 Å². The molecule has 112 valence electrons. The van der Waals surface area contributed by atoms with Gasteiger partial charge in [-0.05, 0) is 54.7 Å². The normalized spacial score (nSPS) is 19.1. The number of aryl methyl sites for hydroxylation is 1. The van der Waals surface area contributed by atoms with Crippen molar-refractivity contribution < 1.29 is 4.79 Å². The largest absolute Gasteiger partial charge is 0.343 e. The Balaban J connectivity index is 2.20. The number of carbonyl (C=O) groups excluding carboxylic acids is 1. The van der Waals surface area contributed by atoms with E-state index < -0.39 is 0 Å². The number of nitrogens with zero attached hydrogens (tertiary/aromatic N) is 2. The predicted octanol–water partition coefficient (Wildman–Crippen LogP) is 2.87. The first-order chi connectivity index (χ1) is 9.67. The lowest BCUT2D eigenvalue weighted by atomic mass is 10.0. The topological polar surface area (TPSA) is 37.3 Å². The number of amides is 1. The van der Waals surface area contributed by atoms with Gasteiger partial charge in [0.25, 0.3) is 5.91 Å². The Kier molecular flexibility index (Phi) is 5.66. The van der Waals surface area contributed by atoms with E-state index in [1.807, 2.05) is 16.8 Å². The second-order valence-electron chi connectivity index (χ2n) is 5.33. The fraction of sp³-hybridized carbons (Fsp3) is 0.667. The van der Waals surface area contributed by atoms with Crippen LogP contribution in [0.4, 0.5) is 0 Å². The minimum absolute atomic E-state index is 0.160. The molecule has 5 heteroatoms. The zero-order valence-corrected chi connectivity index (χ0v) is 13.9. The van der Waals surface area contributed by atoms with Gasteiger partial charge in [0.2, 0.25) is 0 Å². The third kappa shape index (κ3) is 3.44. The van der Waals surface area contributed by atoms with Gasteiger partial charge >= 0.3 is 0 Å². The van der Waals surface area contributed by atoms with Gasteiger partial charge < -0.3 is 14.8 Å². The quantitative estimate of drug-likeness (QED) is 0.893. The summed E-state index contributed by atoms with van der Waals surface area (Å²) in [6.07, 6.45) is 5.23. The summed E-state index contributed by atoms with van der Waals surface area (Å²) in [6.45, 7) is 7.83. The van der Waals surface area contributed by atoms with Gasteiger partial charge in [-0.2, -0.15) is 0 Å². The number of rotatable bonds is 5. The van der Waals surface area contributed by atoms with Gasteiger partial charge in [-0.25, -0.2) is 0 Å². The van der Waals surface area contributed by atoms with Crippen molar-refractivity contribution in [1.82, 2.24) is 14.8 Å². The van der Waals surface area contributed by atoms with E-state index in [0.29, 0.717) is 6.04 Å².